The van der Waals surface area contributed by atoms with Crippen LogP contribution in [0, 0.1) is 0 Å². The molecule has 0 aromatic carbocycles. The Labute approximate surface area is 155 Å². The number of hydrogen-bond donors (Lipinski definition) is 0. The minimum absolute atomic E-state index is 0.161. The first-order valence-electron chi connectivity index (χ1n) is 9.54. The zero-order valence-electron chi connectivity index (χ0n) is 16.1. The Kier molecular flexibility index (Phi) is 5.90. The summed E-state index contributed by atoms with van der Waals surface area (Å²) in [5.41, 5.74) is 0. The number of rotatable bonds is 6. The molecule has 2 aliphatic heterocycles. The molecule has 0 bridgehead atoms. The van der Waals surface area contributed by atoms with E-state index in [-0.39, 0.29) is 11.8 Å². The lowest BCUT2D eigenvalue weighted by Crippen LogP contribution is -2.40. The largest absolute Gasteiger partial charge is 0.343 e. The number of carbonyl (C=O) groups excluding carboxylic acids is 2. The highest BCUT2D eigenvalue weighted by Gasteiger charge is 2.28. The predicted molar refractivity (Wildman–Crippen MR) is 97.4 cm³/mol. The minimum Gasteiger partial charge on any atom is -0.343 e. The first kappa shape index (κ1) is 18.8. The minimum atomic E-state index is 0.161. The molecule has 1 aromatic rings. The summed E-state index contributed by atoms with van der Waals surface area (Å²) in [4.78, 5) is 29.9. The Morgan fingerprint density at radius 1 is 1.19 bits per heavy atom. The topological polar surface area (TPSA) is 74.6 Å². The van der Waals surface area contributed by atoms with E-state index in [4.69, 9.17) is 0 Å². The highest BCUT2D eigenvalue weighted by molar-refractivity contribution is 5.80. The van der Waals surface area contributed by atoms with Crippen LogP contribution in [0.5, 0.6) is 0 Å². The summed E-state index contributed by atoms with van der Waals surface area (Å²) in [6.07, 6.45) is 3.83. The average Bonchev–Trinajstić information content (AvgIpc) is 3.19. The third-order valence-electron chi connectivity index (χ3n) is 5.44. The van der Waals surface area contributed by atoms with E-state index in [1.807, 2.05) is 30.9 Å². The molecule has 0 N–H and O–H groups in total. The molecular weight excluding hydrogens is 332 g/mol. The van der Waals surface area contributed by atoms with Gasteiger partial charge in [0.25, 0.3) is 0 Å². The first-order valence-corrected chi connectivity index (χ1v) is 9.54. The van der Waals surface area contributed by atoms with Crippen molar-refractivity contribution >= 4 is 11.8 Å². The second kappa shape index (κ2) is 8.16. The molecule has 0 spiro atoms. The van der Waals surface area contributed by atoms with E-state index >= 15 is 0 Å². The summed E-state index contributed by atoms with van der Waals surface area (Å²) in [5.74, 6) is 2.70. The van der Waals surface area contributed by atoms with Crippen LogP contribution in [0.1, 0.15) is 49.7 Å². The number of carbonyl (C=O) groups is 2. The maximum atomic E-state index is 12.4. The molecule has 144 valence electrons. The zero-order chi connectivity index (χ0) is 18.7. The molecule has 2 aliphatic rings. The van der Waals surface area contributed by atoms with Gasteiger partial charge in [0.15, 0.2) is 0 Å². The molecule has 0 unspecified atom stereocenters. The maximum Gasteiger partial charge on any atom is 0.224 e. The summed E-state index contributed by atoms with van der Waals surface area (Å²) in [6.45, 7) is 3.65. The van der Waals surface area contributed by atoms with Crippen molar-refractivity contribution in [3.05, 3.63) is 11.6 Å². The van der Waals surface area contributed by atoms with Gasteiger partial charge in [-0.3, -0.25) is 9.59 Å². The fourth-order valence-electron chi connectivity index (χ4n) is 3.87. The lowest BCUT2D eigenvalue weighted by Gasteiger charge is -2.32. The fraction of sp³-hybridized carbons (Fsp3) is 0.778. The van der Waals surface area contributed by atoms with Gasteiger partial charge in [-0.1, -0.05) is 0 Å². The Morgan fingerprint density at radius 2 is 1.92 bits per heavy atom. The summed E-state index contributed by atoms with van der Waals surface area (Å²) in [7, 11) is 6.07. The van der Waals surface area contributed by atoms with Crippen molar-refractivity contribution in [2.45, 2.75) is 44.6 Å². The van der Waals surface area contributed by atoms with E-state index < -0.39 is 0 Å². The molecule has 0 atom stereocenters. The van der Waals surface area contributed by atoms with Crippen LogP contribution in [0.3, 0.4) is 0 Å². The Bertz CT molecular complexity index is 648. The van der Waals surface area contributed by atoms with Gasteiger partial charge in [-0.05, 0) is 33.4 Å². The maximum absolute atomic E-state index is 12.4. The highest BCUT2D eigenvalue weighted by atomic mass is 16.2. The molecule has 8 heteroatoms. The van der Waals surface area contributed by atoms with Crippen LogP contribution >= 0.6 is 0 Å². The SMILES string of the molecule is CN(C)Cc1nnc(C2CCN(C(=O)CCN3CCCC3=O)CC2)n1C. The molecule has 2 fully saturated rings. The standard InChI is InChI=1S/C18H30N6O2/c1-21(2)13-15-19-20-18(22(15)3)14-6-10-24(11-7-14)17(26)8-12-23-9-4-5-16(23)25/h14H,4-13H2,1-3H3. The number of likely N-dealkylation sites (tertiary alicyclic amines) is 2. The summed E-state index contributed by atoms with van der Waals surface area (Å²) >= 11 is 0. The van der Waals surface area contributed by atoms with Gasteiger partial charge in [0, 0.05) is 52.0 Å². The van der Waals surface area contributed by atoms with E-state index in [1.54, 1.807) is 0 Å². The van der Waals surface area contributed by atoms with Crippen molar-refractivity contribution in [2.75, 3.05) is 40.3 Å². The molecule has 1 aromatic heterocycles. The van der Waals surface area contributed by atoms with Gasteiger partial charge < -0.3 is 19.3 Å². The normalized spacial score (nSPS) is 19.0. The van der Waals surface area contributed by atoms with Crippen molar-refractivity contribution in [1.82, 2.24) is 29.5 Å². The molecule has 0 radical (unpaired) electrons. The van der Waals surface area contributed by atoms with Gasteiger partial charge in [0.05, 0.1) is 6.54 Å². The highest BCUT2D eigenvalue weighted by Crippen LogP contribution is 2.27. The molecule has 2 amide bonds. The third-order valence-corrected chi connectivity index (χ3v) is 5.44. The second-order valence-corrected chi connectivity index (χ2v) is 7.66. The van der Waals surface area contributed by atoms with Gasteiger partial charge in [-0.25, -0.2) is 0 Å². The molecule has 8 nitrogen and oxygen atoms in total. The predicted octanol–water partition coefficient (Wildman–Crippen LogP) is 0.595. The molecule has 26 heavy (non-hydrogen) atoms. The molecule has 3 rings (SSSR count). The van der Waals surface area contributed by atoms with Crippen molar-refractivity contribution < 1.29 is 9.59 Å². The number of amides is 2. The third kappa shape index (κ3) is 4.23. The van der Waals surface area contributed by atoms with Crippen LogP contribution in [-0.4, -0.2) is 81.6 Å². The second-order valence-electron chi connectivity index (χ2n) is 7.66. The molecular formula is C18H30N6O2. The number of aromatic nitrogens is 3. The van der Waals surface area contributed by atoms with E-state index in [2.05, 4.69) is 19.7 Å². The van der Waals surface area contributed by atoms with E-state index in [0.29, 0.717) is 25.3 Å². The van der Waals surface area contributed by atoms with Crippen molar-refractivity contribution in [2.24, 2.45) is 7.05 Å². The monoisotopic (exact) mass is 362 g/mol. The lowest BCUT2D eigenvalue weighted by molar-refractivity contribution is -0.133. The Balaban J connectivity index is 1.48. The van der Waals surface area contributed by atoms with Crippen molar-refractivity contribution in [3.8, 4) is 0 Å². The molecule has 0 saturated carbocycles. The summed E-state index contributed by atoms with van der Waals surface area (Å²) < 4.78 is 2.10. The lowest BCUT2D eigenvalue weighted by atomic mass is 9.95. The average molecular weight is 362 g/mol. The molecule has 2 saturated heterocycles. The van der Waals surface area contributed by atoms with Crippen molar-refractivity contribution in [3.63, 3.8) is 0 Å². The number of nitrogens with zero attached hydrogens (tertiary/aromatic N) is 6. The van der Waals surface area contributed by atoms with Crippen molar-refractivity contribution in [1.29, 1.82) is 0 Å². The van der Waals surface area contributed by atoms with Crippen LogP contribution in [0.2, 0.25) is 0 Å². The van der Waals surface area contributed by atoms with Crippen LogP contribution in [0.4, 0.5) is 0 Å². The fourth-order valence-corrected chi connectivity index (χ4v) is 3.87. The molecule has 3 heterocycles. The Morgan fingerprint density at radius 3 is 2.54 bits per heavy atom. The van der Waals surface area contributed by atoms with Crippen LogP contribution in [0.15, 0.2) is 0 Å². The van der Waals surface area contributed by atoms with E-state index in [0.717, 1.165) is 57.1 Å². The van der Waals surface area contributed by atoms with Crippen LogP contribution < -0.4 is 0 Å². The summed E-state index contributed by atoms with van der Waals surface area (Å²) in [5, 5.41) is 8.72. The van der Waals surface area contributed by atoms with E-state index in [1.165, 1.54) is 0 Å². The molecule has 0 aliphatic carbocycles. The smallest absolute Gasteiger partial charge is 0.224 e. The van der Waals surface area contributed by atoms with Gasteiger partial charge in [0.2, 0.25) is 11.8 Å². The van der Waals surface area contributed by atoms with Gasteiger partial charge in [-0.15, -0.1) is 10.2 Å². The zero-order valence-corrected chi connectivity index (χ0v) is 16.1. The quantitative estimate of drug-likeness (QED) is 0.741. The first-order chi connectivity index (χ1) is 12.5. The van der Waals surface area contributed by atoms with E-state index in [9.17, 15) is 9.59 Å². The van der Waals surface area contributed by atoms with Gasteiger partial charge in [0.1, 0.15) is 11.6 Å². The number of hydrogen-bond acceptors (Lipinski definition) is 5. The van der Waals surface area contributed by atoms with Crippen LogP contribution in [-0.2, 0) is 23.2 Å². The van der Waals surface area contributed by atoms with Gasteiger partial charge in [-0.2, -0.15) is 0 Å². The Hall–Kier alpha value is -1.96. The summed E-state index contributed by atoms with van der Waals surface area (Å²) in [6, 6.07) is 0. The van der Waals surface area contributed by atoms with Gasteiger partial charge >= 0.3 is 0 Å². The van der Waals surface area contributed by atoms with Crippen LogP contribution in [0.25, 0.3) is 0 Å². The number of piperidine rings is 1.